The van der Waals surface area contributed by atoms with Crippen LogP contribution in [0.15, 0.2) is 21.0 Å². The summed E-state index contributed by atoms with van der Waals surface area (Å²) in [5.41, 5.74) is 8.54. The van der Waals surface area contributed by atoms with Crippen LogP contribution >= 0.6 is 0 Å². The van der Waals surface area contributed by atoms with Crippen molar-refractivity contribution in [1.82, 2.24) is 0 Å². The normalized spacial score (nSPS) is 13.1. The van der Waals surface area contributed by atoms with Crippen LogP contribution in [0.4, 0.5) is 0 Å². The number of fused-ring (bicyclic) bond motifs is 2. The van der Waals surface area contributed by atoms with Crippen molar-refractivity contribution in [3.63, 3.8) is 0 Å². The number of aliphatic carboxylic acids is 1. The number of carboxylic acids is 1. The van der Waals surface area contributed by atoms with Crippen LogP contribution < -0.4 is 5.73 Å². The highest BCUT2D eigenvalue weighted by Crippen LogP contribution is 2.39. The highest BCUT2D eigenvalue weighted by atomic mass is 16.4. The van der Waals surface area contributed by atoms with Crippen LogP contribution in [0.5, 0.6) is 0 Å². The average molecular weight is 287 g/mol. The number of hydrogen-bond acceptors (Lipinski definition) is 4. The van der Waals surface area contributed by atoms with E-state index in [9.17, 15) is 9.90 Å². The number of hydrogen-bond donors (Lipinski definition) is 2. The molecular weight excluding hydrogens is 270 g/mol. The van der Waals surface area contributed by atoms with Gasteiger partial charge in [0.1, 0.15) is 22.7 Å². The molecule has 0 fully saturated rings. The van der Waals surface area contributed by atoms with Gasteiger partial charge in [-0.05, 0) is 32.9 Å². The van der Waals surface area contributed by atoms with Crippen molar-refractivity contribution in [1.29, 1.82) is 0 Å². The first-order chi connectivity index (χ1) is 9.93. The van der Waals surface area contributed by atoms with E-state index in [2.05, 4.69) is 0 Å². The maximum Gasteiger partial charge on any atom is 0.312 e. The third-order valence-electron chi connectivity index (χ3n) is 3.87. The fourth-order valence-electron chi connectivity index (χ4n) is 2.92. The molecule has 0 aliphatic carbocycles. The maximum absolute atomic E-state index is 11.6. The summed E-state index contributed by atoms with van der Waals surface area (Å²) >= 11 is 0. The lowest BCUT2D eigenvalue weighted by molar-refractivity contribution is -0.138. The summed E-state index contributed by atoms with van der Waals surface area (Å²) in [6.45, 7) is 5.64. The van der Waals surface area contributed by atoms with Crippen molar-refractivity contribution < 1.29 is 18.7 Å². The lowest BCUT2D eigenvalue weighted by Gasteiger charge is -2.13. The number of carbonyl (C=O) groups is 1. The lowest BCUT2D eigenvalue weighted by atomic mass is 9.92. The molecule has 0 saturated carbocycles. The van der Waals surface area contributed by atoms with Crippen molar-refractivity contribution in [2.24, 2.45) is 5.73 Å². The third-order valence-corrected chi connectivity index (χ3v) is 3.87. The highest BCUT2D eigenvalue weighted by Gasteiger charge is 2.28. The molecule has 0 aliphatic rings. The Morgan fingerprint density at radius 1 is 1.14 bits per heavy atom. The molecule has 21 heavy (non-hydrogen) atoms. The number of nitrogens with two attached hydrogens (primary N) is 1. The quantitative estimate of drug-likeness (QED) is 0.772. The van der Waals surface area contributed by atoms with E-state index in [1.165, 1.54) is 0 Å². The smallest absolute Gasteiger partial charge is 0.312 e. The number of rotatable bonds is 3. The summed E-state index contributed by atoms with van der Waals surface area (Å²) < 4.78 is 11.5. The van der Waals surface area contributed by atoms with Gasteiger partial charge >= 0.3 is 5.97 Å². The fourth-order valence-corrected chi connectivity index (χ4v) is 2.92. The molecule has 1 aromatic carbocycles. The Kier molecular flexibility index (Phi) is 3.02. The van der Waals surface area contributed by atoms with Gasteiger partial charge in [-0.1, -0.05) is 0 Å². The summed E-state index contributed by atoms with van der Waals surface area (Å²) in [5, 5.41) is 11.1. The van der Waals surface area contributed by atoms with Gasteiger partial charge in [0.2, 0.25) is 0 Å². The molecular formula is C16H17NO4. The van der Waals surface area contributed by atoms with E-state index in [4.69, 9.17) is 14.6 Å². The van der Waals surface area contributed by atoms with E-state index in [1.807, 2.05) is 32.9 Å². The monoisotopic (exact) mass is 287 g/mol. The van der Waals surface area contributed by atoms with E-state index in [-0.39, 0.29) is 6.54 Å². The van der Waals surface area contributed by atoms with Gasteiger partial charge in [0.05, 0.1) is 5.92 Å². The first-order valence-electron chi connectivity index (χ1n) is 6.79. The van der Waals surface area contributed by atoms with E-state index < -0.39 is 11.9 Å². The van der Waals surface area contributed by atoms with Crippen molar-refractivity contribution in [2.45, 2.75) is 26.7 Å². The lowest BCUT2D eigenvalue weighted by Crippen LogP contribution is -2.21. The number of carboxylic acid groups (broad SMARTS) is 1. The Morgan fingerprint density at radius 2 is 1.71 bits per heavy atom. The van der Waals surface area contributed by atoms with Crippen LogP contribution in [0.2, 0.25) is 0 Å². The van der Waals surface area contributed by atoms with Crippen LogP contribution in [0.25, 0.3) is 21.9 Å². The molecule has 0 spiro atoms. The van der Waals surface area contributed by atoms with Gasteiger partial charge in [-0.2, -0.15) is 0 Å². The van der Waals surface area contributed by atoms with Gasteiger partial charge in [-0.25, -0.2) is 0 Å². The van der Waals surface area contributed by atoms with Crippen LogP contribution in [0.1, 0.15) is 28.6 Å². The predicted molar refractivity (Wildman–Crippen MR) is 79.6 cm³/mol. The molecule has 0 amide bonds. The van der Waals surface area contributed by atoms with Crippen molar-refractivity contribution in [2.75, 3.05) is 6.54 Å². The average Bonchev–Trinajstić information content (AvgIpc) is 2.97. The van der Waals surface area contributed by atoms with Crippen LogP contribution in [-0.4, -0.2) is 17.6 Å². The topological polar surface area (TPSA) is 89.6 Å². The molecule has 5 heteroatoms. The molecule has 5 nitrogen and oxygen atoms in total. The molecule has 3 N–H and O–H groups in total. The van der Waals surface area contributed by atoms with Crippen molar-refractivity contribution >= 4 is 27.9 Å². The maximum atomic E-state index is 11.6. The Bertz CT molecular complexity index is 799. The van der Waals surface area contributed by atoms with Gasteiger partial charge < -0.3 is 19.7 Å². The van der Waals surface area contributed by atoms with E-state index in [0.717, 1.165) is 27.9 Å². The van der Waals surface area contributed by atoms with E-state index in [1.54, 1.807) is 0 Å². The Hall–Kier alpha value is -2.27. The summed E-state index contributed by atoms with van der Waals surface area (Å²) in [6.07, 6.45) is 0. The number of benzene rings is 1. The molecule has 2 aromatic heterocycles. The number of furan rings is 2. The molecule has 0 radical (unpaired) electrons. The summed E-state index contributed by atoms with van der Waals surface area (Å²) in [5.74, 6) is -0.310. The summed E-state index contributed by atoms with van der Waals surface area (Å²) in [4.78, 5) is 11.6. The zero-order valence-corrected chi connectivity index (χ0v) is 12.2. The Labute approximate surface area is 121 Å². The minimum Gasteiger partial charge on any atom is -0.481 e. The zero-order valence-electron chi connectivity index (χ0n) is 12.2. The largest absolute Gasteiger partial charge is 0.481 e. The molecule has 2 heterocycles. The molecule has 3 rings (SSSR count). The highest BCUT2D eigenvalue weighted by molar-refractivity contribution is 6.04. The SMILES string of the molecule is Cc1cc2c(C(CN)C(=O)O)c3oc(C)cc3c(C)c2o1. The van der Waals surface area contributed by atoms with Gasteiger partial charge in [0.25, 0.3) is 0 Å². The molecule has 1 unspecified atom stereocenters. The van der Waals surface area contributed by atoms with Crippen LogP contribution in [0, 0.1) is 20.8 Å². The van der Waals surface area contributed by atoms with Gasteiger partial charge in [0.15, 0.2) is 0 Å². The zero-order chi connectivity index (χ0) is 15.3. The van der Waals surface area contributed by atoms with Crippen molar-refractivity contribution in [3.05, 3.63) is 34.8 Å². The third kappa shape index (κ3) is 1.93. The summed E-state index contributed by atoms with van der Waals surface area (Å²) in [6, 6.07) is 3.75. The van der Waals surface area contributed by atoms with Crippen LogP contribution in [0.3, 0.4) is 0 Å². The second kappa shape index (κ2) is 4.63. The summed E-state index contributed by atoms with van der Waals surface area (Å²) in [7, 11) is 0. The molecule has 1 atom stereocenters. The molecule has 0 saturated heterocycles. The number of aryl methyl sites for hydroxylation is 3. The second-order valence-corrected chi connectivity index (χ2v) is 5.36. The molecule has 110 valence electrons. The van der Waals surface area contributed by atoms with E-state index >= 15 is 0 Å². The first-order valence-corrected chi connectivity index (χ1v) is 6.79. The Morgan fingerprint density at radius 3 is 2.29 bits per heavy atom. The minimum atomic E-state index is -0.961. The predicted octanol–water partition coefficient (Wildman–Crippen LogP) is 3.23. The van der Waals surface area contributed by atoms with Crippen molar-refractivity contribution in [3.8, 4) is 0 Å². The van der Waals surface area contributed by atoms with Gasteiger partial charge in [0, 0.05) is 28.4 Å². The van der Waals surface area contributed by atoms with E-state index in [0.29, 0.717) is 16.7 Å². The van der Waals surface area contributed by atoms with Crippen LogP contribution in [-0.2, 0) is 4.79 Å². The second-order valence-electron chi connectivity index (χ2n) is 5.36. The van der Waals surface area contributed by atoms with Gasteiger partial charge in [-0.15, -0.1) is 0 Å². The first kappa shape index (κ1) is 13.7. The minimum absolute atomic E-state index is 0.00652. The molecule has 0 aliphatic heterocycles. The van der Waals surface area contributed by atoms with Gasteiger partial charge in [-0.3, -0.25) is 4.79 Å². The fraction of sp³-hybridized carbons (Fsp3) is 0.312. The Balaban J connectivity index is 2.52. The molecule has 3 aromatic rings. The standard InChI is InChI=1S/C16H17NO4/c1-7-4-10-9(3)14-11(5-8(2)20-14)13(15(10)21-7)12(6-17)16(18)19/h4-5,12H,6,17H2,1-3H3,(H,18,19). The molecule has 0 bridgehead atoms.